The third-order valence-corrected chi connectivity index (χ3v) is 5.74. The van der Waals surface area contributed by atoms with Gasteiger partial charge in [0.15, 0.2) is 11.5 Å². The summed E-state index contributed by atoms with van der Waals surface area (Å²) in [7, 11) is 1.59. The maximum absolute atomic E-state index is 12.4. The van der Waals surface area contributed by atoms with Crippen LogP contribution in [0.25, 0.3) is 0 Å². The molecule has 1 N–H and O–H groups in total. The largest absolute Gasteiger partial charge is 0.493 e. The zero-order valence-corrected chi connectivity index (χ0v) is 17.0. The Morgan fingerprint density at radius 1 is 1.18 bits per heavy atom. The molecule has 1 amide bonds. The van der Waals surface area contributed by atoms with E-state index < -0.39 is 0 Å². The van der Waals surface area contributed by atoms with Gasteiger partial charge in [0, 0.05) is 11.3 Å². The van der Waals surface area contributed by atoms with Crippen molar-refractivity contribution in [3.8, 4) is 11.5 Å². The van der Waals surface area contributed by atoms with Gasteiger partial charge in [-0.2, -0.15) is 0 Å². The van der Waals surface area contributed by atoms with Gasteiger partial charge in [0.05, 0.1) is 25.9 Å². The molecule has 1 aromatic carbocycles. The van der Waals surface area contributed by atoms with Crippen molar-refractivity contribution in [2.75, 3.05) is 25.6 Å². The van der Waals surface area contributed by atoms with Crippen LogP contribution >= 0.6 is 11.3 Å². The van der Waals surface area contributed by atoms with Gasteiger partial charge in [0.1, 0.15) is 5.00 Å². The number of para-hydroxylation sites is 2. The molecule has 0 atom stereocenters. The number of ether oxygens (including phenoxy) is 3. The molecule has 0 saturated carbocycles. The summed E-state index contributed by atoms with van der Waals surface area (Å²) in [6, 6.07) is 7.41. The second kappa shape index (κ2) is 9.59. The van der Waals surface area contributed by atoms with E-state index in [0.717, 1.165) is 24.8 Å². The van der Waals surface area contributed by atoms with E-state index in [1.54, 1.807) is 14.0 Å². The molecule has 28 heavy (non-hydrogen) atoms. The Bertz CT molecular complexity index is 845. The molecule has 1 heterocycles. The van der Waals surface area contributed by atoms with E-state index in [1.807, 2.05) is 24.3 Å². The van der Waals surface area contributed by atoms with E-state index in [-0.39, 0.29) is 11.9 Å². The van der Waals surface area contributed by atoms with Crippen molar-refractivity contribution >= 4 is 28.2 Å². The molecule has 1 aliphatic carbocycles. The predicted molar refractivity (Wildman–Crippen MR) is 109 cm³/mol. The summed E-state index contributed by atoms with van der Waals surface area (Å²) in [5.41, 5.74) is 1.58. The van der Waals surface area contributed by atoms with Crippen LogP contribution in [0, 0.1) is 0 Å². The van der Waals surface area contributed by atoms with Crippen molar-refractivity contribution < 1.29 is 23.8 Å². The lowest BCUT2D eigenvalue weighted by Gasteiger charge is -2.10. The molecule has 0 unspecified atom stereocenters. The molecule has 6 nitrogen and oxygen atoms in total. The minimum Gasteiger partial charge on any atom is -0.493 e. The van der Waals surface area contributed by atoms with Crippen molar-refractivity contribution in [2.45, 2.75) is 39.0 Å². The number of amides is 1. The van der Waals surface area contributed by atoms with Crippen LogP contribution in [0.15, 0.2) is 24.3 Å². The zero-order chi connectivity index (χ0) is 19.9. The summed E-state index contributed by atoms with van der Waals surface area (Å²) in [6.07, 6.45) is 3.73. The predicted octanol–water partition coefficient (Wildman–Crippen LogP) is 4.22. The van der Waals surface area contributed by atoms with Crippen molar-refractivity contribution in [2.24, 2.45) is 0 Å². The molecular formula is C21H25NO5S. The van der Waals surface area contributed by atoms with Crippen molar-refractivity contribution in [1.29, 1.82) is 0 Å². The van der Waals surface area contributed by atoms with Gasteiger partial charge in [0.25, 0.3) is 0 Å². The summed E-state index contributed by atoms with van der Waals surface area (Å²) in [5, 5.41) is 3.51. The third-order valence-electron chi connectivity index (χ3n) is 4.53. The number of methoxy groups -OCH3 is 1. The van der Waals surface area contributed by atoms with Crippen LogP contribution < -0.4 is 14.8 Å². The number of aryl methyl sites for hydroxylation is 1. The van der Waals surface area contributed by atoms with Gasteiger partial charge in [-0.25, -0.2) is 4.79 Å². The fraction of sp³-hybridized carbons (Fsp3) is 0.429. The van der Waals surface area contributed by atoms with Gasteiger partial charge in [0.2, 0.25) is 5.91 Å². The molecule has 1 aromatic heterocycles. The first-order valence-electron chi connectivity index (χ1n) is 9.51. The number of hydrogen-bond acceptors (Lipinski definition) is 6. The SMILES string of the molecule is CCOC(=O)c1c(NC(=O)CCCOc2ccccc2OC)sc2c1CCC2. The first kappa shape index (κ1) is 20.2. The lowest BCUT2D eigenvalue weighted by molar-refractivity contribution is -0.116. The maximum atomic E-state index is 12.4. The fourth-order valence-corrected chi connectivity index (χ4v) is 4.55. The Hall–Kier alpha value is -2.54. The number of carbonyl (C=O) groups excluding carboxylic acids is 2. The Kier molecular flexibility index (Phi) is 6.92. The summed E-state index contributed by atoms with van der Waals surface area (Å²) in [5.74, 6) is 0.842. The molecule has 0 saturated heterocycles. The average Bonchev–Trinajstić information content (AvgIpc) is 3.26. The Balaban J connectivity index is 1.54. The van der Waals surface area contributed by atoms with E-state index in [1.165, 1.54) is 16.2 Å². The third kappa shape index (κ3) is 4.65. The first-order chi connectivity index (χ1) is 13.6. The molecule has 2 aromatic rings. The van der Waals surface area contributed by atoms with Gasteiger partial charge in [-0.15, -0.1) is 11.3 Å². The number of nitrogens with one attached hydrogen (secondary N) is 1. The van der Waals surface area contributed by atoms with Crippen molar-refractivity contribution in [3.05, 3.63) is 40.3 Å². The van der Waals surface area contributed by atoms with Crippen LogP contribution in [0.2, 0.25) is 0 Å². The summed E-state index contributed by atoms with van der Waals surface area (Å²) < 4.78 is 16.1. The van der Waals surface area contributed by atoms with Gasteiger partial charge in [-0.3, -0.25) is 4.79 Å². The lowest BCUT2D eigenvalue weighted by atomic mass is 10.1. The maximum Gasteiger partial charge on any atom is 0.341 e. The first-order valence-corrected chi connectivity index (χ1v) is 10.3. The number of benzene rings is 1. The topological polar surface area (TPSA) is 73.9 Å². The zero-order valence-electron chi connectivity index (χ0n) is 16.2. The smallest absolute Gasteiger partial charge is 0.341 e. The minimum absolute atomic E-state index is 0.130. The normalized spacial score (nSPS) is 12.4. The number of fused-ring (bicyclic) bond motifs is 1. The van der Waals surface area contributed by atoms with Crippen molar-refractivity contribution in [1.82, 2.24) is 0 Å². The van der Waals surface area contributed by atoms with Gasteiger partial charge >= 0.3 is 5.97 Å². The Morgan fingerprint density at radius 3 is 2.71 bits per heavy atom. The highest BCUT2D eigenvalue weighted by atomic mass is 32.1. The highest BCUT2D eigenvalue weighted by molar-refractivity contribution is 7.17. The molecule has 7 heteroatoms. The van der Waals surface area contributed by atoms with Crippen LogP contribution in [-0.2, 0) is 22.4 Å². The molecule has 0 spiro atoms. The molecule has 0 bridgehead atoms. The molecule has 150 valence electrons. The van der Waals surface area contributed by atoms with E-state index in [9.17, 15) is 9.59 Å². The van der Waals surface area contributed by atoms with Gasteiger partial charge in [-0.05, 0) is 50.3 Å². The van der Waals surface area contributed by atoms with E-state index >= 15 is 0 Å². The Labute approximate surface area is 168 Å². The van der Waals surface area contributed by atoms with Gasteiger partial charge in [-0.1, -0.05) is 12.1 Å². The Morgan fingerprint density at radius 2 is 1.96 bits per heavy atom. The number of esters is 1. The number of carbonyl (C=O) groups is 2. The summed E-state index contributed by atoms with van der Waals surface area (Å²) >= 11 is 1.49. The van der Waals surface area contributed by atoms with Crippen LogP contribution in [0.5, 0.6) is 11.5 Å². The highest BCUT2D eigenvalue weighted by Gasteiger charge is 2.28. The van der Waals surface area contributed by atoms with Crippen LogP contribution in [0.1, 0.15) is 47.0 Å². The number of rotatable bonds is 9. The molecule has 0 aliphatic heterocycles. The van der Waals surface area contributed by atoms with Crippen LogP contribution in [-0.4, -0.2) is 32.2 Å². The van der Waals surface area contributed by atoms with Crippen LogP contribution in [0.3, 0.4) is 0 Å². The fourth-order valence-electron chi connectivity index (χ4n) is 3.25. The molecule has 0 fully saturated rings. The quantitative estimate of drug-likeness (QED) is 0.501. The average molecular weight is 404 g/mol. The molecule has 3 rings (SSSR count). The van der Waals surface area contributed by atoms with Crippen molar-refractivity contribution in [3.63, 3.8) is 0 Å². The number of thiophene rings is 1. The second-order valence-electron chi connectivity index (χ2n) is 6.43. The molecule has 0 radical (unpaired) electrons. The lowest BCUT2D eigenvalue weighted by Crippen LogP contribution is -2.15. The highest BCUT2D eigenvalue weighted by Crippen LogP contribution is 2.39. The van der Waals surface area contributed by atoms with Gasteiger partial charge < -0.3 is 19.5 Å². The molecular weight excluding hydrogens is 378 g/mol. The van der Waals surface area contributed by atoms with E-state index in [0.29, 0.717) is 48.1 Å². The minimum atomic E-state index is -0.350. The van der Waals surface area contributed by atoms with Crippen LogP contribution in [0.4, 0.5) is 5.00 Å². The number of anilines is 1. The monoisotopic (exact) mass is 403 g/mol. The number of hydrogen-bond donors (Lipinski definition) is 1. The summed E-state index contributed by atoms with van der Waals surface area (Å²) in [4.78, 5) is 25.9. The summed E-state index contributed by atoms with van der Waals surface area (Å²) in [6.45, 7) is 2.50. The van der Waals surface area contributed by atoms with E-state index in [4.69, 9.17) is 14.2 Å². The standard InChI is InChI=1S/C21H25NO5S/c1-3-26-21(24)19-14-8-6-11-17(14)28-20(19)22-18(23)12-7-13-27-16-10-5-4-9-15(16)25-2/h4-5,9-10H,3,6-8,11-13H2,1-2H3,(H,22,23). The second-order valence-corrected chi connectivity index (χ2v) is 7.54. The molecule has 1 aliphatic rings. The van der Waals surface area contributed by atoms with E-state index in [2.05, 4.69) is 5.32 Å².